The van der Waals surface area contributed by atoms with E-state index in [4.69, 9.17) is 0 Å². The van der Waals surface area contributed by atoms with Crippen molar-refractivity contribution in [2.45, 2.75) is 83.8 Å². The molecule has 0 aliphatic heterocycles. The Morgan fingerprint density at radius 1 is 0.923 bits per heavy atom. The van der Waals surface area contributed by atoms with E-state index < -0.39 is 15.4 Å². The molecule has 26 heavy (non-hydrogen) atoms. The van der Waals surface area contributed by atoms with Gasteiger partial charge in [0.05, 0.1) is 5.25 Å². The summed E-state index contributed by atoms with van der Waals surface area (Å²) in [7, 11) is -3.91. The monoisotopic (exact) mass is 382 g/mol. The predicted molar refractivity (Wildman–Crippen MR) is 101 cm³/mol. The van der Waals surface area contributed by atoms with Gasteiger partial charge >= 0.3 is 0 Å². The van der Waals surface area contributed by atoms with E-state index in [9.17, 15) is 17.8 Å². The maximum absolute atomic E-state index is 12.2. The number of carbonyl (C=O) groups excluding carboxylic acids is 1. The second-order valence-electron chi connectivity index (χ2n) is 10.4. The Morgan fingerprint density at radius 2 is 1.58 bits per heavy atom. The van der Waals surface area contributed by atoms with Gasteiger partial charge in [-0.05, 0) is 99.2 Å². The Hall–Kier alpha value is -0.420. The molecule has 4 nitrogen and oxygen atoms in total. The summed E-state index contributed by atoms with van der Waals surface area (Å²) < 4.78 is 32.9. The average molecular weight is 383 g/mol. The molecule has 0 bridgehead atoms. The summed E-state index contributed by atoms with van der Waals surface area (Å²) in [5.74, 6) is 3.05. The van der Waals surface area contributed by atoms with E-state index in [0.717, 1.165) is 25.7 Å². The first-order chi connectivity index (χ1) is 12.1. The van der Waals surface area contributed by atoms with Gasteiger partial charge in [-0.3, -0.25) is 9.35 Å². The minimum atomic E-state index is -3.91. The first-order valence-electron chi connectivity index (χ1n) is 10.5. The second kappa shape index (κ2) is 6.04. The number of ketones is 1. The molecule has 5 heteroatoms. The fourth-order valence-corrected chi connectivity index (χ4v) is 9.05. The molecule has 148 valence electrons. The van der Waals surface area contributed by atoms with Crippen LogP contribution in [0.4, 0.5) is 0 Å². The molecular formula is C21H34O4S. The molecule has 0 saturated heterocycles. The SMILES string of the molecule is CC(=O)[C@H]1CC[C@H]2[C@@H]3CC[C@@H]4C[C@@H](S(=O)(=O)O)CC[C@]4(C)[C@H]3CC[C@]12C. The fourth-order valence-electron chi connectivity index (χ4n) is 8.16. The van der Waals surface area contributed by atoms with Crippen molar-refractivity contribution in [2.75, 3.05) is 0 Å². The van der Waals surface area contributed by atoms with Gasteiger partial charge in [0.1, 0.15) is 5.78 Å². The van der Waals surface area contributed by atoms with Crippen LogP contribution in [0.3, 0.4) is 0 Å². The molecule has 4 rings (SSSR count). The summed E-state index contributed by atoms with van der Waals surface area (Å²) in [6.07, 6.45) is 9.00. The highest BCUT2D eigenvalue weighted by molar-refractivity contribution is 7.86. The molecule has 0 aromatic rings. The topological polar surface area (TPSA) is 71.4 Å². The first-order valence-corrected chi connectivity index (χ1v) is 12.0. The minimum Gasteiger partial charge on any atom is -0.300 e. The van der Waals surface area contributed by atoms with Crippen molar-refractivity contribution in [3.8, 4) is 0 Å². The van der Waals surface area contributed by atoms with Crippen molar-refractivity contribution < 1.29 is 17.8 Å². The molecule has 4 fully saturated rings. The van der Waals surface area contributed by atoms with Crippen LogP contribution in [-0.2, 0) is 14.9 Å². The van der Waals surface area contributed by atoms with Crippen molar-refractivity contribution in [1.29, 1.82) is 0 Å². The third-order valence-electron chi connectivity index (χ3n) is 9.53. The molecular weight excluding hydrogens is 348 g/mol. The maximum Gasteiger partial charge on any atom is 0.267 e. The zero-order chi connectivity index (χ0) is 18.9. The summed E-state index contributed by atoms with van der Waals surface area (Å²) in [6, 6.07) is 0. The zero-order valence-electron chi connectivity index (χ0n) is 16.4. The lowest BCUT2D eigenvalue weighted by Gasteiger charge is -2.61. The van der Waals surface area contributed by atoms with Gasteiger partial charge in [0.15, 0.2) is 0 Å². The van der Waals surface area contributed by atoms with E-state index >= 15 is 0 Å². The third-order valence-corrected chi connectivity index (χ3v) is 10.8. The molecule has 1 N–H and O–H groups in total. The van der Waals surface area contributed by atoms with E-state index in [2.05, 4.69) is 13.8 Å². The highest BCUT2D eigenvalue weighted by atomic mass is 32.2. The van der Waals surface area contributed by atoms with E-state index in [0.29, 0.717) is 42.3 Å². The molecule has 8 atom stereocenters. The van der Waals surface area contributed by atoms with Gasteiger partial charge in [-0.15, -0.1) is 0 Å². The third kappa shape index (κ3) is 2.63. The van der Waals surface area contributed by atoms with Gasteiger partial charge < -0.3 is 0 Å². The van der Waals surface area contributed by atoms with Gasteiger partial charge in [0.25, 0.3) is 10.1 Å². The number of carbonyl (C=O) groups is 1. The van der Waals surface area contributed by atoms with E-state index in [1.807, 2.05) is 0 Å². The largest absolute Gasteiger partial charge is 0.300 e. The average Bonchev–Trinajstić information content (AvgIpc) is 2.90. The Bertz CT molecular complexity index is 701. The summed E-state index contributed by atoms with van der Waals surface area (Å²) in [4.78, 5) is 12.2. The molecule has 4 aliphatic carbocycles. The molecule has 0 unspecified atom stereocenters. The van der Waals surface area contributed by atoms with Gasteiger partial charge in [-0.2, -0.15) is 8.42 Å². The molecule has 4 aliphatic rings. The van der Waals surface area contributed by atoms with Crippen LogP contribution in [-0.4, -0.2) is 24.0 Å². The lowest BCUT2D eigenvalue weighted by atomic mass is 9.45. The van der Waals surface area contributed by atoms with Crippen molar-refractivity contribution in [2.24, 2.45) is 40.4 Å². The second-order valence-corrected chi connectivity index (χ2v) is 12.0. The van der Waals surface area contributed by atoms with Gasteiger partial charge in [-0.25, -0.2) is 0 Å². The van der Waals surface area contributed by atoms with Crippen LogP contribution in [0.1, 0.15) is 78.6 Å². The molecule has 0 spiro atoms. The van der Waals surface area contributed by atoms with Crippen molar-refractivity contribution in [3.63, 3.8) is 0 Å². The summed E-state index contributed by atoms with van der Waals surface area (Å²) >= 11 is 0. The predicted octanol–water partition coefficient (Wildman–Crippen LogP) is 4.49. The molecule has 0 heterocycles. The van der Waals surface area contributed by atoms with Gasteiger partial charge in [-0.1, -0.05) is 13.8 Å². The molecule has 0 amide bonds. The number of hydrogen-bond donors (Lipinski definition) is 1. The number of Topliss-reactive ketones (excluding diaryl/α,β-unsaturated/α-hetero) is 1. The lowest BCUT2D eigenvalue weighted by Crippen LogP contribution is -2.54. The molecule has 0 aromatic heterocycles. The Morgan fingerprint density at radius 3 is 2.23 bits per heavy atom. The van der Waals surface area contributed by atoms with Crippen LogP contribution in [0.25, 0.3) is 0 Å². The standard InChI is InChI=1S/C21H34O4S/c1-13(22)17-6-7-18-16-5-4-14-12-15(26(23,24)25)8-10-20(14,2)19(16)9-11-21(17,18)3/h14-19H,4-12H2,1-3H3,(H,23,24,25)/t14-,15+,16+,17-,18+,19+,20+,21-/m1/s1. The van der Waals surface area contributed by atoms with Crippen molar-refractivity contribution in [1.82, 2.24) is 0 Å². The highest BCUT2D eigenvalue weighted by Gasteiger charge is 2.61. The normalized spacial score (nSPS) is 51.2. The first kappa shape index (κ1) is 18.9. The summed E-state index contributed by atoms with van der Waals surface area (Å²) in [5, 5.41) is -0.556. The summed E-state index contributed by atoms with van der Waals surface area (Å²) in [6.45, 7) is 6.55. The van der Waals surface area contributed by atoms with Gasteiger partial charge in [0.2, 0.25) is 0 Å². The minimum absolute atomic E-state index is 0.182. The number of fused-ring (bicyclic) bond motifs is 5. The summed E-state index contributed by atoms with van der Waals surface area (Å²) in [5.41, 5.74) is 0.390. The van der Waals surface area contributed by atoms with Crippen molar-refractivity contribution in [3.05, 3.63) is 0 Å². The Kier molecular flexibility index (Phi) is 4.39. The van der Waals surface area contributed by atoms with Crippen LogP contribution in [0, 0.1) is 40.4 Å². The van der Waals surface area contributed by atoms with Crippen LogP contribution in [0.2, 0.25) is 0 Å². The van der Waals surface area contributed by atoms with E-state index in [-0.39, 0.29) is 16.7 Å². The molecule has 0 radical (unpaired) electrons. The fraction of sp³-hybridized carbons (Fsp3) is 0.952. The Labute approximate surface area is 158 Å². The quantitative estimate of drug-likeness (QED) is 0.714. The van der Waals surface area contributed by atoms with Crippen LogP contribution < -0.4 is 0 Å². The van der Waals surface area contributed by atoms with Gasteiger partial charge in [0, 0.05) is 5.92 Å². The Balaban J connectivity index is 1.58. The van der Waals surface area contributed by atoms with Crippen LogP contribution >= 0.6 is 0 Å². The number of rotatable bonds is 2. The molecule has 4 saturated carbocycles. The lowest BCUT2D eigenvalue weighted by molar-refractivity contribution is -0.133. The van der Waals surface area contributed by atoms with Crippen molar-refractivity contribution >= 4 is 15.9 Å². The highest BCUT2D eigenvalue weighted by Crippen LogP contribution is 2.67. The maximum atomic E-state index is 12.2. The smallest absolute Gasteiger partial charge is 0.267 e. The number of hydrogen-bond acceptors (Lipinski definition) is 3. The van der Waals surface area contributed by atoms with E-state index in [1.165, 1.54) is 19.3 Å². The molecule has 0 aromatic carbocycles. The zero-order valence-corrected chi connectivity index (χ0v) is 17.2. The van der Waals surface area contributed by atoms with Crippen LogP contribution in [0.5, 0.6) is 0 Å². The van der Waals surface area contributed by atoms with Crippen LogP contribution in [0.15, 0.2) is 0 Å². The van der Waals surface area contributed by atoms with E-state index in [1.54, 1.807) is 6.92 Å².